The number of pyridine rings is 1. The van der Waals surface area contributed by atoms with Crippen molar-refractivity contribution < 1.29 is 9.47 Å². The van der Waals surface area contributed by atoms with E-state index in [4.69, 9.17) is 9.47 Å². The lowest BCUT2D eigenvalue weighted by Gasteiger charge is -2.36. The van der Waals surface area contributed by atoms with Crippen molar-refractivity contribution in [3.63, 3.8) is 0 Å². The van der Waals surface area contributed by atoms with Crippen molar-refractivity contribution in [3.05, 3.63) is 30.1 Å². The largest absolute Gasteiger partial charge is 0.347 e. The normalized spacial score (nSPS) is 27.4. The molecule has 2 fully saturated rings. The molecule has 1 aromatic rings. The molecule has 1 atom stereocenters. The average molecular weight is 234 g/mol. The predicted molar refractivity (Wildman–Crippen MR) is 63.6 cm³/mol. The van der Waals surface area contributed by atoms with E-state index in [0.29, 0.717) is 6.04 Å². The Kier molecular flexibility index (Phi) is 3.09. The number of piperidine rings is 1. The topological polar surface area (TPSA) is 43.4 Å². The van der Waals surface area contributed by atoms with Gasteiger partial charge in [0.25, 0.3) is 0 Å². The molecule has 2 aliphatic rings. The van der Waals surface area contributed by atoms with Gasteiger partial charge in [-0.1, -0.05) is 6.07 Å². The maximum Gasteiger partial charge on any atom is 0.171 e. The summed E-state index contributed by atoms with van der Waals surface area (Å²) >= 11 is 0. The van der Waals surface area contributed by atoms with Crippen LogP contribution in [0, 0.1) is 0 Å². The SMILES string of the molecule is c1ccc(CC2CC3(CCN2)OCCO3)nc1. The molecular formula is C13H18N2O2. The number of hydrogen-bond acceptors (Lipinski definition) is 4. The summed E-state index contributed by atoms with van der Waals surface area (Å²) in [6, 6.07) is 6.45. The third kappa shape index (κ3) is 2.49. The molecule has 92 valence electrons. The number of nitrogens with zero attached hydrogens (tertiary/aromatic N) is 1. The zero-order valence-corrected chi connectivity index (χ0v) is 9.89. The van der Waals surface area contributed by atoms with Crippen molar-refractivity contribution in [2.24, 2.45) is 0 Å². The minimum atomic E-state index is -0.315. The number of aromatic nitrogens is 1. The first kappa shape index (κ1) is 11.1. The molecule has 0 radical (unpaired) electrons. The minimum absolute atomic E-state index is 0.315. The highest BCUT2D eigenvalue weighted by Crippen LogP contribution is 2.31. The van der Waals surface area contributed by atoms with Gasteiger partial charge in [0, 0.05) is 43.7 Å². The van der Waals surface area contributed by atoms with Crippen molar-refractivity contribution in [2.75, 3.05) is 19.8 Å². The Morgan fingerprint density at radius 3 is 3.00 bits per heavy atom. The maximum absolute atomic E-state index is 5.77. The van der Waals surface area contributed by atoms with Gasteiger partial charge in [0.1, 0.15) is 0 Å². The number of ether oxygens (including phenoxy) is 2. The summed E-state index contributed by atoms with van der Waals surface area (Å²) < 4.78 is 11.5. The van der Waals surface area contributed by atoms with E-state index in [1.54, 1.807) is 0 Å². The zero-order valence-electron chi connectivity index (χ0n) is 9.89. The molecule has 0 aromatic carbocycles. The first-order chi connectivity index (χ1) is 8.36. The van der Waals surface area contributed by atoms with Crippen LogP contribution in [-0.2, 0) is 15.9 Å². The van der Waals surface area contributed by atoms with Crippen LogP contribution < -0.4 is 5.32 Å². The molecule has 17 heavy (non-hydrogen) atoms. The van der Waals surface area contributed by atoms with Gasteiger partial charge in [0.2, 0.25) is 0 Å². The number of nitrogens with one attached hydrogen (secondary N) is 1. The van der Waals surface area contributed by atoms with Crippen LogP contribution in [0.15, 0.2) is 24.4 Å². The van der Waals surface area contributed by atoms with Crippen LogP contribution in [0.25, 0.3) is 0 Å². The average Bonchev–Trinajstić information content (AvgIpc) is 2.79. The molecule has 0 bridgehead atoms. The van der Waals surface area contributed by atoms with Gasteiger partial charge in [-0.15, -0.1) is 0 Å². The summed E-state index contributed by atoms with van der Waals surface area (Å²) in [5, 5.41) is 3.52. The summed E-state index contributed by atoms with van der Waals surface area (Å²) in [6.45, 7) is 2.42. The molecule has 3 rings (SSSR count). The van der Waals surface area contributed by atoms with Crippen LogP contribution in [0.4, 0.5) is 0 Å². The van der Waals surface area contributed by atoms with Crippen molar-refractivity contribution in [1.29, 1.82) is 0 Å². The van der Waals surface area contributed by atoms with Crippen molar-refractivity contribution in [2.45, 2.75) is 31.1 Å². The van der Waals surface area contributed by atoms with Crippen LogP contribution in [0.1, 0.15) is 18.5 Å². The van der Waals surface area contributed by atoms with Crippen LogP contribution in [0.5, 0.6) is 0 Å². The van der Waals surface area contributed by atoms with Gasteiger partial charge in [-0.3, -0.25) is 4.98 Å². The maximum atomic E-state index is 5.77. The monoisotopic (exact) mass is 234 g/mol. The van der Waals surface area contributed by atoms with E-state index in [1.807, 2.05) is 18.3 Å². The van der Waals surface area contributed by atoms with Gasteiger partial charge >= 0.3 is 0 Å². The molecule has 0 aliphatic carbocycles. The first-order valence-electron chi connectivity index (χ1n) is 6.28. The Labute approximate surface area is 101 Å². The quantitative estimate of drug-likeness (QED) is 0.832. The molecule has 4 nitrogen and oxygen atoms in total. The Morgan fingerprint density at radius 1 is 1.35 bits per heavy atom. The van der Waals surface area contributed by atoms with Gasteiger partial charge in [-0.25, -0.2) is 0 Å². The fourth-order valence-corrected chi connectivity index (χ4v) is 2.69. The highest BCUT2D eigenvalue weighted by atomic mass is 16.7. The second-order valence-corrected chi connectivity index (χ2v) is 4.74. The van der Waals surface area contributed by atoms with Crippen LogP contribution in [-0.4, -0.2) is 36.6 Å². The summed E-state index contributed by atoms with van der Waals surface area (Å²) in [4.78, 5) is 4.37. The second kappa shape index (κ2) is 4.72. The van der Waals surface area contributed by atoms with Crippen molar-refractivity contribution >= 4 is 0 Å². The van der Waals surface area contributed by atoms with E-state index in [9.17, 15) is 0 Å². The molecule has 1 spiro atoms. The summed E-state index contributed by atoms with van der Waals surface area (Å²) in [5.41, 5.74) is 1.13. The summed E-state index contributed by atoms with van der Waals surface area (Å²) in [7, 11) is 0. The van der Waals surface area contributed by atoms with E-state index in [-0.39, 0.29) is 5.79 Å². The van der Waals surface area contributed by atoms with E-state index in [1.165, 1.54) is 0 Å². The van der Waals surface area contributed by atoms with E-state index >= 15 is 0 Å². The number of hydrogen-bond donors (Lipinski definition) is 1. The highest BCUT2D eigenvalue weighted by molar-refractivity contribution is 5.06. The van der Waals surface area contributed by atoms with Gasteiger partial charge in [0.05, 0.1) is 13.2 Å². The van der Waals surface area contributed by atoms with Crippen LogP contribution in [0.3, 0.4) is 0 Å². The predicted octanol–water partition coefficient (Wildman–Crippen LogP) is 1.12. The Morgan fingerprint density at radius 2 is 2.24 bits per heavy atom. The molecule has 1 aromatic heterocycles. The molecule has 4 heteroatoms. The van der Waals surface area contributed by atoms with Gasteiger partial charge in [-0.2, -0.15) is 0 Å². The fourth-order valence-electron chi connectivity index (χ4n) is 2.69. The molecule has 0 saturated carbocycles. The molecule has 1 unspecified atom stereocenters. The lowest BCUT2D eigenvalue weighted by molar-refractivity contribution is -0.179. The third-order valence-corrected chi connectivity index (χ3v) is 3.49. The second-order valence-electron chi connectivity index (χ2n) is 4.74. The molecule has 3 heterocycles. The van der Waals surface area contributed by atoms with Crippen LogP contribution >= 0.6 is 0 Å². The molecule has 1 N–H and O–H groups in total. The van der Waals surface area contributed by atoms with E-state index < -0.39 is 0 Å². The molecule has 0 amide bonds. The van der Waals surface area contributed by atoms with E-state index in [0.717, 1.165) is 44.7 Å². The Balaban J connectivity index is 1.64. The highest BCUT2D eigenvalue weighted by Gasteiger charge is 2.41. The lowest BCUT2D eigenvalue weighted by Crippen LogP contribution is -2.49. The Bertz CT molecular complexity index is 363. The standard InChI is InChI=1S/C13H18N2O2/c1-2-5-14-11(3-1)9-12-10-13(4-6-15-12)16-7-8-17-13/h1-3,5,12,15H,4,6-10H2. The van der Waals surface area contributed by atoms with Gasteiger partial charge in [0.15, 0.2) is 5.79 Å². The van der Waals surface area contributed by atoms with Gasteiger partial charge in [-0.05, 0) is 12.1 Å². The smallest absolute Gasteiger partial charge is 0.171 e. The fraction of sp³-hybridized carbons (Fsp3) is 0.615. The summed E-state index contributed by atoms with van der Waals surface area (Å²) in [5.74, 6) is -0.315. The third-order valence-electron chi connectivity index (χ3n) is 3.49. The van der Waals surface area contributed by atoms with Crippen molar-refractivity contribution in [3.8, 4) is 0 Å². The van der Waals surface area contributed by atoms with Crippen LogP contribution in [0.2, 0.25) is 0 Å². The summed E-state index contributed by atoms with van der Waals surface area (Å²) in [6.07, 6.45) is 4.65. The first-order valence-corrected chi connectivity index (χ1v) is 6.28. The molecule has 2 saturated heterocycles. The zero-order chi connectivity index (χ0) is 11.6. The Hall–Kier alpha value is -0.970. The van der Waals surface area contributed by atoms with Crippen molar-refractivity contribution in [1.82, 2.24) is 10.3 Å². The minimum Gasteiger partial charge on any atom is -0.347 e. The lowest BCUT2D eigenvalue weighted by atomic mass is 9.95. The molecular weight excluding hydrogens is 216 g/mol. The number of rotatable bonds is 2. The van der Waals surface area contributed by atoms with E-state index in [2.05, 4.69) is 16.4 Å². The van der Waals surface area contributed by atoms with Gasteiger partial charge < -0.3 is 14.8 Å². The molecule has 2 aliphatic heterocycles.